The molecule has 0 radical (unpaired) electrons. The lowest BCUT2D eigenvalue weighted by Gasteiger charge is -2.14. The quantitative estimate of drug-likeness (QED) is 0.870. The van der Waals surface area contributed by atoms with E-state index in [1.807, 2.05) is 0 Å². The first-order valence-corrected chi connectivity index (χ1v) is 6.29. The van der Waals surface area contributed by atoms with Crippen molar-refractivity contribution >= 4 is 34.8 Å². The number of hydrogen-bond acceptors (Lipinski definition) is 5. The van der Waals surface area contributed by atoms with Crippen molar-refractivity contribution in [3.8, 4) is 0 Å². The lowest BCUT2D eigenvalue weighted by molar-refractivity contribution is -0.121. The average molecular weight is 275 g/mol. The van der Waals surface area contributed by atoms with Crippen LogP contribution < -0.4 is 5.32 Å². The van der Waals surface area contributed by atoms with E-state index in [1.165, 1.54) is 4.90 Å². The van der Waals surface area contributed by atoms with Gasteiger partial charge in [0.25, 0.3) is 5.91 Å². The SMILES string of the molecule is CN(CC(=O)NC1CC1)C(=O)c1nnc(Cl)s1. The van der Waals surface area contributed by atoms with Crippen molar-refractivity contribution < 1.29 is 9.59 Å². The fourth-order valence-electron chi connectivity index (χ4n) is 1.24. The number of halogens is 1. The molecule has 0 saturated heterocycles. The molecule has 0 unspecified atom stereocenters. The van der Waals surface area contributed by atoms with Crippen LogP contribution in [0.5, 0.6) is 0 Å². The van der Waals surface area contributed by atoms with Gasteiger partial charge in [0.05, 0.1) is 6.54 Å². The molecule has 1 aliphatic rings. The Hall–Kier alpha value is -1.21. The van der Waals surface area contributed by atoms with Crippen LogP contribution in [0.4, 0.5) is 0 Å². The third kappa shape index (κ3) is 3.37. The summed E-state index contributed by atoms with van der Waals surface area (Å²) < 4.78 is 0.212. The van der Waals surface area contributed by atoms with E-state index in [1.54, 1.807) is 7.05 Å². The molecule has 0 aromatic carbocycles. The Balaban J connectivity index is 1.88. The Labute approximate surface area is 107 Å². The van der Waals surface area contributed by atoms with E-state index in [0.29, 0.717) is 6.04 Å². The Kier molecular flexibility index (Phi) is 3.58. The zero-order chi connectivity index (χ0) is 12.4. The van der Waals surface area contributed by atoms with E-state index in [9.17, 15) is 9.59 Å². The van der Waals surface area contributed by atoms with Gasteiger partial charge in [-0.25, -0.2) is 0 Å². The van der Waals surface area contributed by atoms with Crippen LogP contribution in [0, 0.1) is 0 Å². The van der Waals surface area contributed by atoms with Crippen LogP contribution >= 0.6 is 22.9 Å². The highest BCUT2D eigenvalue weighted by atomic mass is 35.5. The van der Waals surface area contributed by atoms with Crippen LogP contribution in [0.1, 0.15) is 22.6 Å². The van der Waals surface area contributed by atoms with Crippen LogP contribution in [-0.2, 0) is 4.79 Å². The van der Waals surface area contributed by atoms with E-state index in [4.69, 9.17) is 11.6 Å². The minimum absolute atomic E-state index is 0.0204. The first-order valence-electron chi connectivity index (χ1n) is 5.10. The number of carbonyl (C=O) groups excluding carboxylic acids is 2. The number of nitrogens with one attached hydrogen (secondary N) is 1. The van der Waals surface area contributed by atoms with Gasteiger partial charge in [0, 0.05) is 13.1 Å². The van der Waals surface area contributed by atoms with E-state index >= 15 is 0 Å². The van der Waals surface area contributed by atoms with Crippen LogP contribution in [0.25, 0.3) is 0 Å². The zero-order valence-corrected chi connectivity index (χ0v) is 10.7. The summed E-state index contributed by atoms with van der Waals surface area (Å²) >= 11 is 6.58. The van der Waals surface area contributed by atoms with Crippen molar-refractivity contribution in [3.63, 3.8) is 0 Å². The third-order valence-corrected chi connectivity index (χ3v) is 3.26. The van der Waals surface area contributed by atoms with Crippen molar-refractivity contribution in [2.45, 2.75) is 18.9 Å². The molecule has 1 aromatic heterocycles. The Morgan fingerprint density at radius 2 is 2.24 bits per heavy atom. The fourth-order valence-corrected chi connectivity index (χ4v) is 2.07. The second-order valence-electron chi connectivity index (χ2n) is 3.86. The molecule has 2 rings (SSSR count). The summed E-state index contributed by atoms with van der Waals surface area (Å²) in [7, 11) is 1.55. The Bertz CT molecular complexity index is 446. The second-order valence-corrected chi connectivity index (χ2v) is 5.42. The summed E-state index contributed by atoms with van der Waals surface area (Å²) in [6, 6.07) is 0.293. The van der Waals surface area contributed by atoms with Crippen molar-refractivity contribution in [3.05, 3.63) is 9.47 Å². The molecule has 1 heterocycles. The Morgan fingerprint density at radius 1 is 1.53 bits per heavy atom. The Morgan fingerprint density at radius 3 is 2.76 bits per heavy atom. The van der Waals surface area contributed by atoms with Gasteiger partial charge in [0.1, 0.15) is 0 Å². The lowest BCUT2D eigenvalue weighted by Crippen LogP contribution is -2.39. The molecule has 2 amide bonds. The van der Waals surface area contributed by atoms with Crippen molar-refractivity contribution in [2.75, 3.05) is 13.6 Å². The second kappa shape index (κ2) is 4.97. The number of rotatable bonds is 4. The number of aromatic nitrogens is 2. The topological polar surface area (TPSA) is 75.2 Å². The molecule has 6 nitrogen and oxygen atoms in total. The van der Waals surface area contributed by atoms with Gasteiger partial charge in [-0.1, -0.05) is 11.3 Å². The third-order valence-electron chi connectivity index (χ3n) is 2.25. The molecule has 1 fully saturated rings. The molecular weight excluding hydrogens is 264 g/mol. The molecule has 0 spiro atoms. The zero-order valence-electron chi connectivity index (χ0n) is 9.14. The van der Waals surface area contributed by atoms with E-state index < -0.39 is 0 Å². The van der Waals surface area contributed by atoms with Gasteiger partial charge >= 0.3 is 0 Å². The summed E-state index contributed by atoms with van der Waals surface area (Å²) in [5, 5.41) is 10.2. The summed E-state index contributed by atoms with van der Waals surface area (Å²) in [6.07, 6.45) is 2.05. The van der Waals surface area contributed by atoms with Crippen LogP contribution in [-0.4, -0.2) is 46.5 Å². The van der Waals surface area contributed by atoms with E-state index in [-0.39, 0.29) is 27.8 Å². The largest absolute Gasteiger partial charge is 0.352 e. The predicted molar refractivity (Wildman–Crippen MR) is 63.0 cm³/mol. The van der Waals surface area contributed by atoms with Crippen molar-refractivity contribution in [2.24, 2.45) is 0 Å². The standard InChI is InChI=1S/C9H11ClN4O2S/c1-14(4-6(15)11-5-2-3-5)8(16)7-12-13-9(10)17-7/h5H,2-4H2,1H3,(H,11,15). The lowest BCUT2D eigenvalue weighted by atomic mass is 10.4. The maximum absolute atomic E-state index is 11.8. The summed E-state index contributed by atoms with van der Waals surface area (Å²) in [6.45, 7) is 0.0204. The molecule has 1 saturated carbocycles. The average Bonchev–Trinajstić information content (AvgIpc) is 2.96. The number of carbonyl (C=O) groups is 2. The van der Waals surface area contributed by atoms with Crippen molar-refractivity contribution in [1.82, 2.24) is 20.4 Å². The maximum atomic E-state index is 11.8. The molecule has 17 heavy (non-hydrogen) atoms. The number of hydrogen-bond donors (Lipinski definition) is 1. The summed E-state index contributed by atoms with van der Waals surface area (Å²) in [4.78, 5) is 24.6. The van der Waals surface area contributed by atoms with Gasteiger partial charge in [0.15, 0.2) is 0 Å². The van der Waals surface area contributed by atoms with Crippen LogP contribution in [0.3, 0.4) is 0 Å². The monoisotopic (exact) mass is 274 g/mol. The fraction of sp³-hybridized carbons (Fsp3) is 0.556. The molecule has 1 aliphatic carbocycles. The highest BCUT2D eigenvalue weighted by Gasteiger charge is 2.25. The highest BCUT2D eigenvalue weighted by Crippen LogP contribution is 2.18. The molecule has 0 aliphatic heterocycles. The van der Waals surface area contributed by atoms with Gasteiger partial charge in [-0.05, 0) is 24.4 Å². The van der Waals surface area contributed by atoms with Gasteiger partial charge < -0.3 is 10.2 Å². The molecule has 1 aromatic rings. The molecule has 0 bridgehead atoms. The maximum Gasteiger partial charge on any atom is 0.285 e. The molecular formula is C9H11ClN4O2S. The van der Waals surface area contributed by atoms with E-state index in [2.05, 4.69) is 15.5 Å². The first kappa shape index (κ1) is 12.3. The van der Waals surface area contributed by atoms with E-state index in [0.717, 1.165) is 24.2 Å². The van der Waals surface area contributed by atoms with Gasteiger partial charge in [-0.3, -0.25) is 9.59 Å². The van der Waals surface area contributed by atoms with Crippen molar-refractivity contribution in [1.29, 1.82) is 0 Å². The first-order chi connectivity index (χ1) is 8.06. The van der Waals surface area contributed by atoms with Crippen LogP contribution in [0.15, 0.2) is 0 Å². The summed E-state index contributed by atoms with van der Waals surface area (Å²) in [5.41, 5.74) is 0. The minimum atomic E-state index is -0.347. The van der Waals surface area contributed by atoms with Gasteiger partial charge in [-0.15, -0.1) is 10.2 Å². The van der Waals surface area contributed by atoms with Gasteiger partial charge in [-0.2, -0.15) is 0 Å². The predicted octanol–water partition coefficient (Wildman–Crippen LogP) is 0.542. The molecule has 1 N–H and O–H groups in total. The summed E-state index contributed by atoms with van der Waals surface area (Å²) in [5.74, 6) is -0.501. The molecule has 92 valence electrons. The highest BCUT2D eigenvalue weighted by molar-refractivity contribution is 7.17. The number of nitrogens with zero attached hydrogens (tertiary/aromatic N) is 3. The number of amides is 2. The molecule has 8 heteroatoms. The molecule has 0 atom stereocenters. The minimum Gasteiger partial charge on any atom is -0.352 e. The smallest absolute Gasteiger partial charge is 0.285 e. The van der Waals surface area contributed by atoms with Crippen LogP contribution in [0.2, 0.25) is 4.47 Å². The number of likely N-dealkylation sites (N-methyl/N-ethyl adjacent to an activating group) is 1. The normalized spacial score (nSPS) is 14.5. The van der Waals surface area contributed by atoms with Gasteiger partial charge in [0.2, 0.25) is 15.4 Å².